The van der Waals surface area contributed by atoms with Gasteiger partial charge in [-0.2, -0.15) is 4.98 Å². The van der Waals surface area contributed by atoms with Crippen molar-refractivity contribution < 1.29 is 18.8 Å². The van der Waals surface area contributed by atoms with Gasteiger partial charge in [-0.25, -0.2) is 4.79 Å². The molecule has 0 unspecified atom stereocenters. The fourth-order valence-electron chi connectivity index (χ4n) is 2.76. The Morgan fingerprint density at radius 1 is 1.25 bits per heavy atom. The Balaban J connectivity index is 1.42. The molecule has 3 rings (SSSR count). The molecule has 1 fully saturated rings. The predicted molar refractivity (Wildman–Crippen MR) is 103 cm³/mol. The number of hydrogen-bond donors (Lipinski definition) is 0. The van der Waals surface area contributed by atoms with Gasteiger partial charge in [-0.05, 0) is 57.4 Å². The topological polar surface area (TPSA) is 90.6 Å². The van der Waals surface area contributed by atoms with Gasteiger partial charge in [0.15, 0.2) is 5.82 Å². The smallest absolute Gasteiger partial charge is 0.410 e. The second kappa shape index (κ2) is 8.97. The molecule has 2 aromatic rings. The molecular formula is C20H26N4O4. The van der Waals surface area contributed by atoms with Crippen LogP contribution in [0.1, 0.15) is 50.9 Å². The highest BCUT2D eigenvalue weighted by Gasteiger charge is 2.27. The fourth-order valence-corrected chi connectivity index (χ4v) is 2.76. The van der Waals surface area contributed by atoms with Crippen LogP contribution in [0.4, 0.5) is 4.79 Å². The van der Waals surface area contributed by atoms with Crippen molar-refractivity contribution in [2.75, 3.05) is 13.1 Å². The Morgan fingerprint density at radius 2 is 1.96 bits per heavy atom. The number of ether oxygens (including phenoxy) is 2. The maximum absolute atomic E-state index is 12.1. The summed E-state index contributed by atoms with van der Waals surface area (Å²) in [7, 11) is 0. The first-order valence-corrected chi connectivity index (χ1v) is 9.39. The highest BCUT2D eigenvalue weighted by atomic mass is 16.6. The minimum Gasteiger partial charge on any atom is -0.444 e. The predicted octanol–water partition coefficient (Wildman–Crippen LogP) is 3.55. The van der Waals surface area contributed by atoms with Crippen molar-refractivity contribution in [3.8, 4) is 0 Å². The summed E-state index contributed by atoms with van der Waals surface area (Å²) in [6, 6.07) is 3.78. The summed E-state index contributed by atoms with van der Waals surface area (Å²) in [5.74, 6) is 0.930. The SMILES string of the molecule is CC(C)(C)OC(=O)N1CCC(OCc2noc(C=Cc3ccncc3)n2)CC1. The Morgan fingerprint density at radius 3 is 2.64 bits per heavy atom. The summed E-state index contributed by atoms with van der Waals surface area (Å²) in [4.78, 5) is 22.1. The largest absolute Gasteiger partial charge is 0.444 e. The Hall–Kier alpha value is -2.74. The quantitative estimate of drug-likeness (QED) is 0.776. The van der Waals surface area contributed by atoms with Crippen LogP contribution in [0.15, 0.2) is 29.0 Å². The van der Waals surface area contributed by atoms with Gasteiger partial charge in [0.2, 0.25) is 0 Å². The maximum atomic E-state index is 12.1. The molecular weight excluding hydrogens is 360 g/mol. The molecule has 3 heterocycles. The van der Waals surface area contributed by atoms with Crippen LogP contribution in [0.2, 0.25) is 0 Å². The third kappa shape index (κ3) is 6.16. The highest BCUT2D eigenvalue weighted by molar-refractivity contribution is 5.68. The summed E-state index contributed by atoms with van der Waals surface area (Å²) < 4.78 is 16.5. The minimum atomic E-state index is -0.480. The number of carbonyl (C=O) groups excluding carboxylic acids is 1. The van der Waals surface area contributed by atoms with Crippen molar-refractivity contribution in [2.24, 2.45) is 0 Å². The van der Waals surface area contributed by atoms with E-state index in [1.54, 1.807) is 23.4 Å². The van der Waals surface area contributed by atoms with E-state index < -0.39 is 5.60 Å². The van der Waals surface area contributed by atoms with E-state index in [1.165, 1.54) is 0 Å². The summed E-state index contributed by atoms with van der Waals surface area (Å²) >= 11 is 0. The highest BCUT2D eigenvalue weighted by Crippen LogP contribution is 2.18. The third-order valence-corrected chi connectivity index (χ3v) is 4.15. The van der Waals surface area contributed by atoms with E-state index in [0.717, 1.165) is 18.4 Å². The molecule has 0 atom stereocenters. The summed E-state index contributed by atoms with van der Waals surface area (Å²) in [6.07, 6.45) is 8.39. The molecule has 8 heteroatoms. The van der Waals surface area contributed by atoms with Gasteiger partial charge in [-0.3, -0.25) is 4.98 Å². The number of likely N-dealkylation sites (tertiary alicyclic amines) is 1. The van der Waals surface area contributed by atoms with E-state index >= 15 is 0 Å². The number of amides is 1. The zero-order valence-corrected chi connectivity index (χ0v) is 16.5. The van der Waals surface area contributed by atoms with E-state index in [1.807, 2.05) is 39.0 Å². The molecule has 1 amide bonds. The molecule has 150 valence electrons. The zero-order valence-electron chi connectivity index (χ0n) is 16.5. The normalized spacial score (nSPS) is 15.9. The first-order valence-electron chi connectivity index (χ1n) is 9.39. The number of pyridine rings is 1. The molecule has 0 radical (unpaired) electrons. The van der Waals surface area contributed by atoms with Crippen LogP contribution in [-0.2, 0) is 16.1 Å². The van der Waals surface area contributed by atoms with Gasteiger partial charge in [-0.15, -0.1) is 0 Å². The lowest BCUT2D eigenvalue weighted by Gasteiger charge is -2.33. The van der Waals surface area contributed by atoms with E-state index in [4.69, 9.17) is 14.0 Å². The second-order valence-corrected chi connectivity index (χ2v) is 7.64. The molecule has 0 aliphatic carbocycles. The molecule has 1 aliphatic rings. The molecule has 8 nitrogen and oxygen atoms in total. The van der Waals surface area contributed by atoms with Crippen molar-refractivity contribution in [2.45, 2.75) is 51.9 Å². The lowest BCUT2D eigenvalue weighted by Crippen LogP contribution is -2.43. The molecule has 1 aliphatic heterocycles. The van der Waals surface area contributed by atoms with Gasteiger partial charge in [0.05, 0.1) is 6.10 Å². The van der Waals surface area contributed by atoms with Gasteiger partial charge >= 0.3 is 6.09 Å². The Labute approximate surface area is 164 Å². The second-order valence-electron chi connectivity index (χ2n) is 7.64. The van der Waals surface area contributed by atoms with E-state index in [2.05, 4.69) is 15.1 Å². The fraction of sp³-hybridized carbons (Fsp3) is 0.500. The third-order valence-electron chi connectivity index (χ3n) is 4.15. The molecule has 0 spiro atoms. The number of piperidine rings is 1. The average Bonchev–Trinajstić information content (AvgIpc) is 3.12. The van der Waals surface area contributed by atoms with E-state index in [9.17, 15) is 4.79 Å². The molecule has 0 aromatic carbocycles. The van der Waals surface area contributed by atoms with Crippen LogP contribution in [0.5, 0.6) is 0 Å². The van der Waals surface area contributed by atoms with Crippen molar-refractivity contribution >= 4 is 18.2 Å². The van der Waals surface area contributed by atoms with E-state index in [-0.39, 0.29) is 18.8 Å². The van der Waals surface area contributed by atoms with Crippen molar-refractivity contribution in [1.82, 2.24) is 20.0 Å². The zero-order chi connectivity index (χ0) is 20.0. The summed E-state index contributed by atoms with van der Waals surface area (Å²) in [6.45, 7) is 7.12. The molecule has 0 N–H and O–H groups in total. The number of hydrogen-bond acceptors (Lipinski definition) is 7. The van der Waals surface area contributed by atoms with Crippen LogP contribution in [0, 0.1) is 0 Å². The molecule has 0 saturated carbocycles. The van der Waals surface area contributed by atoms with Crippen LogP contribution in [0.25, 0.3) is 12.2 Å². The van der Waals surface area contributed by atoms with Crippen molar-refractivity contribution in [1.29, 1.82) is 0 Å². The molecule has 28 heavy (non-hydrogen) atoms. The van der Waals surface area contributed by atoms with Crippen molar-refractivity contribution in [3.63, 3.8) is 0 Å². The van der Waals surface area contributed by atoms with Crippen LogP contribution < -0.4 is 0 Å². The summed E-state index contributed by atoms with van der Waals surface area (Å²) in [5, 5.41) is 3.94. The molecule has 0 bridgehead atoms. The number of rotatable bonds is 5. The van der Waals surface area contributed by atoms with Gasteiger partial charge in [0.25, 0.3) is 5.89 Å². The van der Waals surface area contributed by atoms with Gasteiger partial charge in [0, 0.05) is 31.6 Å². The number of carbonyl (C=O) groups is 1. The van der Waals surface area contributed by atoms with Gasteiger partial charge in [-0.1, -0.05) is 5.16 Å². The van der Waals surface area contributed by atoms with Crippen LogP contribution in [-0.4, -0.2) is 50.9 Å². The average molecular weight is 386 g/mol. The van der Waals surface area contributed by atoms with Crippen LogP contribution in [0.3, 0.4) is 0 Å². The van der Waals surface area contributed by atoms with Gasteiger partial charge in [0.1, 0.15) is 12.2 Å². The monoisotopic (exact) mass is 386 g/mol. The number of nitrogens with zero attached hydrogens (tertiary/aromatic N) is 4. The maximum Gasteiger partial charge on any atom is 0.410 e. The standard InChI is InChI=1S/C20H26N4O4/c1-20(2,3)27-19(25)24-12-8-16(9-13-24)26-14-17-22-18(28-23-17)5-4-15-6-10-21-11-7-15/h4-7,10-11,16H,8-9,12-14H2,1-3H3. The lowest BCUT2D eigenvalue weighted by molar-refractivity contribution is -0.0190. The van der Waals surface area contributed by atoms with Gasteiger partial charge < -0.3 is 18.9 Å². The Kier molecular flexibility index (Phi) is 6.41. The molecule has 1 saturated heterocycles. The summed E-state index contributed by atoms with van der Waals surface area (Å²) in [5.41, 5.74) is 0.523. The van der Waals surface area contributed by atoms with Crippen LogP contribution >= 0.6 is 0 Å². The number of aromatic nitrogens is 3. The van der Waals surface area contributed by atoms with Crippen molar-refractivity contribution in [3.05, 3.63) is 41.8 Å². The first-order chi connectivity index (χ1) is 13.4. The van der Waals surface area contributed by atoms with E-state index in [0.29, 0.717) is 24.8 Å². The molecule has 2 aromatic heterocycles. The first kappa shape index (κ1) is 20.0. The Bertz CT molecular complexity index is 790. The minimum absolute atomic E-state index is 0.0630. The lowest BCUT2D eigenvalue weighted by atomic mass is 10.1.